The standard InChI is InChI=1S/C17H22N4O2/c1-13(12-21-8-3-2-4-9-21)19-17(22)15-10-16(23-20-15)14-6-5-7-18-11-14/h5-7,10-11,13H,2-4,8-9,12H2,1H3,(H,19,22). The van der Waals surface area contributed by atoms with Gasteiger partial charge in [0.1, 0.15) is 0 Å². The molecule has 23 heavy (non-hydrogen) atoms. The van der Waals surface area contributed by atoms with Crippen molar-refractivity contribution in [1.29, 1.82) is 0 Å². The van der Waals surface area contributed by atoms with Crippen LogP contribution in [0.3, 0.4) is 0 Å². The molecule has 1 amide bonds. The van der Waals surface area contributed by atoms with Crippen LogP contribution in [0.5, 0.6) is 0 Å². The van der Waals surface area contributed by atoms with E-state index in [2.05, 4.69) is 20.4 Å². The van der Waals surface area contributed by atoms with Crippen LogP contribution < -0.4 is 5.32 Å². The van der Waals surface area contributed by atoms with Gasteiger partial charge in [-0.25, -0.2) is 0 Å². The number of hydrogen-bond acceptors (Lipinski definition) is 5. The lowest BCUT2D eigenvalue weighted by molar-refractivity contribution is 0.0916. The van der Waals surface area contributed by atoms with E-state index in [0.717, 1.165) is 25.2 Å². The molecule has 6 heteroatoms. The summed E-state index contributed by atoms with van der Waals surface area (Å²) in [5, 5.41) is 6.85. The van der Waals surface area contributed by atoms with Crippen molar-refractivity contribution in [2.45, 2.75) is 32.2 Å². The van der Waals surface area contributed by atoms with Gasteiger partial charge in [0, 0.05) is 36.6 Å². The normalized spacial score (nSPS) is 16.9. The van der Waals surface area contributed by atoms with Gasteiger partial charge >= 0.3 is 0 Å². The second kappa shape index (κ2) is 7.37. The van der Waals surface area contributed by atoms with E-state index in [9.17, 15) is 4.79 Å². The van der Waals surface area contributed by atoms with Crippen LogP contribution >= 0.6 is 0 Å². The Morgan fingerprint density at radius 1 is 1.39 bits per heavy atom. The van der Waals surface area contributed by atoms with Crippen LogP contribution in [0.2, 0.25) is 0 Å². The van der Waals surface area contributed by atoms with Crippen molar-refractivity contribution in [3.05, 3.63) is 36.3 Å². The van der Waals surface area contributed by atoms with Crippen LogP contribution in [-0.2, 0) is 0 Å². The predicted octanol–water partition coefficient (Wildman–Crippen LogP) is 2.34. The number of aromatic nitrogens is 2. The number of nitrogens with zero attached hydrogens (tertiary/aromatic N) is 3. The Bertz CT molecular complexity index is 635. The van der Waals surface area contributed by atoms with Crippen LogP contribution in [0.1, 0.15) is 36.7 Å². The fraction of sp³-hybridized carbons (Fsp3) is 0.471. The van der Waals surface area contributed by atoms with Gasteiger partial charge in [-0.2, -0.15) is 0 Å². The largest absolute Gasteiger partial charge is 0.355 e. The molecule has 0 spiro atoms. The molecule has 1 aliphatic heterocycles. The molecule has 1 aliphatic rings. The first-order valence-electron chi connectivity index (χ1n) is 8.13. The molecule has 122 valence electrons. The fourth-order valence-electron chi connectivity index (χ4n) is 2.90. The van der Waals surface area contributed by atoms with Crippen molar-refractivity contribution in [1.82, 2.24) is 20.4 Å². The van der Waals surface area contributed by atoms with E-state index >= 15 is 0 Å². The summed E-state index contributed by atoms with van der Waals surface area (Å²) in [5.74, 6) is 0.348. The van der Waals surface area contributed by atoms with Crippen LogP contribution in [-0.4, -0.2) is 46.6 Å². The maximum atomic E-state index is 12.3. The summed E-state index contributed by atoms with van der Waals surface area (Å²) in [6.45, 7) is 5.14. The van der Waals surface area contributed by atoms with Gasteiger partial charge in [-0.05, 0) is 45.0 Å². The fourth-order valence-corrected chi connectivity index (χ4v) is 2.90. The number of likely N-dealkylation sites (tertiary alicyclic amines) is 1. The Hall–Kier alpha value is -2.21. The van der Waals surface area contributed by atoms with Gasteiger partial charge in [0.15, 0.2) is 11.5 Å². The molecule has 1 N–H and O–H groups in total. The van der Waals surface area contributed by atoms with Crippen molar-refractivity contribution >= 4 is 5.91 Å². The molecule has 2 aromatic rings. The van der Waals surface area contributed by atoms with Crippen molar-refractivity contribution in [2.24, 2.45) is 0 Å². The Kier molecular flexibility index (Phi) is 5.02. The molecular weight excluding hydrogens is 292 g/mol. The molecular formula is C17H22N4O2. The molecule has 0 aliphatic carbocycles. The van der Waals surface area contributed by atoms with Gasteiger partial charge in [0.05, 0.1) is 0 Å². The Labute approximate surface area is 135 Å². The van der Waals surface area contributed by atoms with E-state index < -0.39 is 0 Å². The van der Waals surface area contributed by atoms with Crippen molar-refractivity contribution in [2.75, 3.05) is 19.6 Å². The van der Waals surface area contributed by atoms with Gasteiger partial charge in [0.25, 0.3) is 5.91 Å². The SMILES string of the molecule is CC(CN1CCCCC1)NC(=O)c1cc(-c2cccnc2)on1. The summed E-state index contributed by atoms with van der Waals surface area (Å²) >= 11 is 0. The minimum absolute atomic E-state index is 0.0825. The third-order valence-corrected chi connectivity index (χ3v) is 4.05. The van der Waals surface area contributed by atoms with Crippen molar-refractivity contribution < 1.29 is 9.32 Å². The smallest absolute Gasteiger partial charge is 0.273 e. The Morgan fingerprint density at radius 3 is 2.96 bits per heavy atom. The minimum atomic E-state index is -0.201. The minimum Gasteiger partial charge on any atom is -0.355 e. The number of carbonyl (C=O) groups is 1. The van der Waals surface area contributed by atoms with Crippen LogP contribution in [0.15, 0.2) is 35.1 Å². The molecule has 1 fully saturated rings. The van der Waals surface area contributed by atoms with E-state index in [0.29, 0.717) is 11.5 Å². The average molecular weight is 314 g/mol. The lowest BCUT2D eigenvalue weighted by atomic mass is 10.1. The highest BCUT2D eigenvalue weighted by Gasteiger charge is 2.18. The first-order chi connectivity index (χ1) is 11.2. The molecule has 3 heterocycles. The Morgan fingerprint density at radius 2 is 2.22 bits per heavy atom. The quantitative estimate of drug-likeness (QED) is 0.917. The molecule has 0 radical (unpaired) electrons. The highest BCUT2D eigenvalue weighted by Crippen LogP contribution is 2.18. The number of carbonyl (C=O) groups excluding carboxylic acids is 1. The molecule has 3 rings (SSSR count). The number of amides is 1. The van der Waals surface area contributed by atoms with E-state index in [4.69, 9.17) is 4.52 Å². The van der Waals surface area contributed by atoms with Gasteiger partial charge < -0.3 is 14.7 Å². The van der Waals surface area contributed by atoms with Crippen LogP contribution in [0.25, 0.3) is 11.3 Å². The van der Waals surface area contributed by atoms with Gasteiger partial charge in [0.2, 0.25) is 0 Å². The van der Waals surface area contributed by atoms with Gasteiger partial charge in [-0.15, -0.1) is 0 Å². The molecule has 0 aromatic carbocycles. The summed E-state index contributed by atoms with van der Waals surface area (Å²) in [5.41, 5.74) is 1.11. The molecule has 6 nitrogen and oxygen atoms in total. The number of hydrogen-bond donors (Lipinski definition) is 1. The highest BCUT2D eigenvalue weighted by molar-refractivity contribution is 5.93. The third-order valence-electron chi connectivity index (χ3n) is 4.05. The first-order valence-corrected chi connectivity index (χ1v) is 8.13. The molecule has 1 unspecified atom stereocenters. The topological polar surface area (TPSA) is 71.3 Å². The van der Waals surface area contributed by atoms with Crippen LogP contribution in [0, 0.1) is 0 Å². The summed E-state index contributed by atoms with van der Waals surface area (Å²) in [4.78, 5) is 18.7. The summed E-state index contributed by atoms with van der Waals surface area (Å²) in [7, 11) is 0. The van der Waals surface area contributed by atoms with E-state index in [-0.39, 0.29) is 11.9 Å². The summed E-state index contributed by atoms with van der Waals surface area (Å²) in [6, 6.07) is 5.42. The maximum absolute atomic E-state index is 12.3. The zero-order chi connectivity index (χ0) is 16.1. The lowest BCUT2D eigenvalue weighted by Crippen LogP contribution is -2.43. The van der Waals surface area contributed by atoms with Crippen molar-refractivity contribution in [3.8, 4) is 11.3 Å². The van der Waals surface area contributed by atoms with Crippen LogP contribution in [0.4, 0.5) is 0 Å². The number of rotatable bonds is 5. The van der Waals surface area contributed by atoms with E-state index in [1.807, 2.05) is 19.1 Å². The predicted molar refractivity (Wildman–Crippen MR) is 87.0 cm³/mol. The molecule has 0 bridgehead atoms. The zero-order valence-electron chi connectivity index (χ0n) is 13.4. The maximum Gasteiger partial charge on any atom is 0.273 e. The summed E-state index contributed by atoms with van der Waals surface area (Å²) < 4.78 is 5.24. The van der Waals surface area contributed by atoms with Gasteiger partial charge in [-0.1, -0.05) is 11.6 Å². The lowest BCUT2D eigenvalue weighted by Gasteiger charge is -2.29. The van der Waals surface area contributed by atoms with Crippen molar-refractivity contribution in [3.63, 3.8) is 0 Å². The number of piperidine rings is 1. The Balaban J connectivity index is 1.56. The second-order valence-electron chi connectivity index (χ2n) is 6.05. The molecule has 1 saturated heterocycles. The van der Waals surface area contributed by atoms with Gasteiger partial charge in [-0.3, -0.25) is 9.78 Å². The third kappa shape index (κ3) is 4.16. The summed E-state index contributed by atoms with van der Waals surface area (Å²) in [6.07, 6.45) is 7.18. The molecule has 2 aromatic heterocycles. The molecule has 0 saturated carbocycles. The zero-order valence-corrected chi connectivity index (χ0v) is 13.4. The number of nitrogens with one attached hydrogen (secondary N) is 1. The first kappa shape index (κ1) is 15.7. The van der Waals surface area contributed by atoms with E-state index in [1.165, 1.54) is 19.3 Å². The monoisotopic (exact) mass is 314 g/mol. The second-order valence-corrected chi connectivity index (χ2v) is 6.05. The molecule has 1 atom stereocenters. The average Bonchev–Trinajstić information content (AvgIpc) is 3.06. The number of pyridine rings is 1. The van der Waals surface area contributed by atoms with E-state index in [1.54, 1.807) is 18.5 Å². The highest BCUT2D eigenvalue weighted by atomic mass is 16.5.